The van der Waals surface area contributed by atoms with Crippen LogP contribution >= 0.6 is 11.3 Å². The maximum absolute atomic E-state index is 13.7. The molecule has 2 fully saturated rings. The lowest BCUT2D eigenvalue weighted by atomic mass is 9.83. The Morgan fingerprint density at radius 1 is 1.10 bits per heavy atom. The lowest BCUT2D eigenvalue weighted by molar-refractivity contribution is -0.132. The van der Waals surface area contributed by atoms with Gasteiger partial charge < -0.3 is 10.4 Å². The minimum absolute atomic E-state index is 0.0969. The molecule has 5 heteroatoms. The Morgan fingerprint density at radius 2 is 1.87 bits per heavy atom. The molecule has 2 N–H and O–H groups in total. The predicted octanol–water partition coefficient (Wildman–Crippen LogP) is 4.87. The molecule has 152 valence electrons. The zero-order valence-corrected chi connectivity index (χ0v) is 17.5. The number of carbonyl (C=O) groups excluding carboxylic acids is 1. The van der Waals surface area contributed by atoms with Crippen molar-refractivity contribution in [3.63, 3.8) is 0 Å². The van der Waals surface area contributed by atoms with Crippen LogP contribution in [0.15, 0.2) is 78.4 Å². The Balaban J connectivity index is 1.49. The highest BCUT2D eigenvalue weighted by Crippen LogP contribution is 2.50. The second-order valence-electron chi connectivity index (χ2n) is 8.07. The number of phenolic OH excluding ortho intramolecular Hbond substituents is 1. The number of benzene rings is 2. The molecule has 3 aromatic rings. The van der Waals surface area contributed by atoms with Gasteiger partial charge in [0.05, 0.1) is 0 Å². The number of phenols is 1. The maximum Gasteiger partial charge on any atom is 0.258 e. The minimum Gasteiger partial charge on any atom is -0.508 e. The Hall–Kier alpha value is -3.05. The van der Waals surface area contributed by atoms with E-state index in [0.29, 0.717) is 12.4 Å². The third-order valence-electron chi connectivity index (χ3n) is 6.10. The summed E-state index contributed by atoms with van der Waals surface area (Å²) in [7, 11) is 0. The van der Waals surface area contributed by atoms with Gasteiger partial charge in [0, 0.05) is 11.4 Å². The molecule has 1 saturated heterocycles. The number of hydrogen-bond donors (Lipinski definition) is 2. The average molecular weight is 417 g/mol. The molecular formula is C25H24N2O2S. The molecule has 4 nitrogen and oxygen atoms in total. The van der Waals surface area contributed by atoms with E-state index in [2.05, 4.69) is 29.4 Å². The van der Waals surface area contributed by atoms with Crippen LogP contribution in [0.3, 0.4) is 0 Å². The topological polar surface area (TPSA) is 52.6 Å². The molecule has 2 heterocycles. The highest BCUT2D eigenvalue weighted by atomic mass is 32.1. The summed E-state index contributed by atoms with van der Waals surface area (Å²) < 4.78 is 0. The SMILES string of the molecule is C=C1NC(c2cccc(-c3cccc(O)c3)c2)(C2CC2)C(=O)N1CCc1cccs1. The Morgan fingerprint density at radius 3 is 2.57 bits per heavy atom. The number of carbonyl (C=O) groups is 1. The molecule has 1 saturated carbocycles. The van der Waals surface area contributed by atoms with E-state index in [4.69, 9.17) is 0 Å². The summed E-state index contributed by atoms with van der Waals surface area (Å²) >= 11 is 1.72. The molecule has 2 aromatic carbocycles. The number of aromatic hydroxyl groups is 1. The van der Waals surface area contributed by atoms with E-state index in [0.717, 1.165) is 36.0 Å². The fraction of sp³-hybridized carbons (Fsp3) is 0.240. The molecular weight excluding hydrogens is 392 g/mol. The van der Waals surface area contributed by atoms with Gasteiger partial charge >= 0.3 is 0 Å². The van der Waals surface area contributed by atoms with Crippen LogP contribution in [0.5, 0.6) is 5.75 Å². The molecule has 2 aliphatic rings. The van der Waals surface area contributed by atoms with Crippen LogP contribution in [-0.2, 0) is 16.8 Å². The van der Waals surface area contributed by atoms with E-state index in [1.807, 2.05) is 41.3 Å². The number of amides is 1. The van der Waals surface area contributed by atoms with Crippen LogP contribution in [0.4, 0.5) is 0 Å². The Kier molecular flexibility index (Phi) is 4.63. The summed E-state index contributed by atoms with van der Waals surface area (Å²) in [5.74, 6) is 1.29. The standard InChI is InChI=1S/C25H24N2O2S/c1-17-26-25(20-10-11-20,24(29)27(17)13-12-23-9-4-14-30-23)21-7-2-5-18(15-21)19-6-3-8-22(28)16-19/h2-9,14-16,20,26,28H,1,10-13H2. The molecule has 1 atom stereocenters. The largest absolute Gasteiger partial charge is 0.508 e. The van der Waals surface area contributed by atoms with E-state index in [1.54, 1.807) is 23.5 Å². The first-order valence-electron chi connectivity index (χ1n) is 10.3. The molecule has 1 aliphatic carbocycles. The molecule has 0 spiro atoms. The molecule has 1 aromatic heterocycles. The first-order valence-corrected chi connectivity index (χ1v) is 11.2. The number of nitrogens with one attached hydrogen (secondary N) is 1. The van der Waals surface area contributed by atoms with Crippen molar-refractivity contribution in [2.75, 3.05) is 6.54 Å². The third kappa shape index (κ3) is 3.19. The second kappa shape index (κ2) is 7.33. The van der Waals surface area contributed by atoms with Gasteiger partial charge in [0.2, 0.25) is 0 Å². The van der Waals surface area contributed by atoms with Crippen molar-refractivity contribution in [3.8, 4) is 16.9 Å². The summed E-state index contributed by atoms with van der Waals surface area (Å²) in [6, 6.07) is 19.5. The summed E-state index contributed by atoms with van der Waals surface area (Å²) in [4.78, 5) is 16.8. The second-order valence-corrected chi connectivity index (χ2v) is 9.10. The van der Waals surface area contributed by atoms with Crippen molar-refractivity contribution in [1.82, 2.24) is 10.2 Å². The number of rotatable bonds is 6. The molecule has 30 heavy (non-hydrogen) atoms. The van der Waals surface area contributed by atoms with Gasteiger partial charge in [0.1, 0.15) is 17.1 Å². The zero-order valence-electron chi connectivity index (χ0n) is 16.7. The van der Waals surface area contributed by atoms with Crippen molar-refractivity contribution >= 4 is 17.2 Å². The molecule has 0 radical (unpaired) electrons. The van der Waals surface area contributed by atoms with Crippen LogP contribution in [-0.4, -0.2) is 22.5 Å². The van der Waals surface area contributed by atoms with Gasteiger partial charge in [-0.3, -0.25) is 9.69 Å². The Bertz CT molecular complexity index is 1100. The third-order valence-corrected chi connectivity index (χ3v) is 7.03. The normalized spacial score (nSPS) is 21.1. The smallest absolute Gasteiger partial charge is 0.258 e. The van der Waals surface area contributed by atoms with Crippen LogP contribution in [0.1, 0.15) is 23.3 Å². The minimum atomic E-state index is -0.751. The zero-order chi connectivity index (χ0) is 20.7. The highest BCUT2D eigenvalue weighted by Gasteiger charge is 2.58. The van der Waals surface area contributed by atoms with Crippen molar-refractivity contribution in [2.24, 2.45) is 5.92 Å². The van der Waals surface area contributed by atoms with Gasteiger partial charge in [-0.15, -0.1) is 11.3 Å². The van der Waals surface area contributed by atoms with E-state index in [9.17, 15) is 9.90 Å². The van der Waals surface area contributed by atoms with Crippen molar-refractivity contribution < 1.29 is 9.90 Å². The van der Waals surface area contributed by atoms with Gasteiger partial charge in [0.25, 0.3) is 5.91 Å². The summed E-state index contributed by atoms with van der Waals surface area (Å²) in [5, 5.41) is 15.4. The van der Waals surface area contributed by atoms with Gasteiger partial charge in [0.15, 0.2) is 0 Å². The van der Waals surface area contributed by atoms with Gasteiger partial charge in [-0.05, 0) is 71.5 Å². The number of thiophene rings is 1. The maximum atomic E-state index is 13.7. The van der Waals surface area contributed by atoms with Crippen molar-refractivity contribution in [3.05, 3.63) is 88.9 Å². The van der Waals surface area contributed by atoms with E-state index in [1.165, 1.54) is 4.88 Å². The van der Waals surface area contributed by atoms with E-state index >= 15 is 0 Å². The molecule has 1 aliphatic heterocycles. The fourth-order valence-electron chi connectivity index (χ4n) is 4.45. The summed E-state index contributed by atoms with van der Waals surface area (Å²) in [5.41, 5.74) is 2.14. The number of hydrogen-bond acceptors (Lipinski definition) is 4. The molecule has 1 amide bonds. The van der Waals surface area contributed by atoms with Gasteiger partial charge in [-0.2, -0.15) is 0 Å². The summed E-state index contributed by atoms with van der Waals surface area (Å²) in [6.45, 7) is 4.80. The lowest BCUT2D eigenvalue weighted by Crippen LogP contribution is -2.46. The van der Waals surface area contributed by atoms with Crippen LogP contribution < -0.4 is 5.32 Å². The first-order chi connectivity index (χ1) is 14.6. The molecule has 0 bridgehead atoms. The van der Waals surface area contributed by atoms with Crippen molar-refractivity contribution in [1.29, 1.82) is 0 Å². The molecule has 5 rings (SSSR count). The quantitative estimate of drug-likeness (QED) is 0.603. The molecule has 1 unspecified atom stereocenters. The van der Waals surface area contributed by atoms with Crippen LogP contribution in [0.2, 0.25) is 0 Å². The average Bonchev–Trinajstić information content (AvgIpc) is 3.41. The van der Waals surface area contributed by atoms with Gasteiger partial charge in [-0.1, -0.05) is 43.0 Å². The Labute approximate surface area is 180 Å². The van der Waals surface area contributed by atoms with E-state index in [-0.39, 0.29) is 17.6 Å². The fourth-order valence-corrected chi connectivity index (χ4v) is 5.15. The highest BCUT2D eigenvalue weighted by molar-refractivity contribution is 7.09. The first kappa shape index (κ1) is 18.9. The predicted molar refractivity (Wildman–Crippen MR) is 120 cm³/mol. The number of nitrogens with zero attached hydrogens (tertiary/aromatic N) is 1. The van der Waals surface area contributed by atoms with Crippen LogP contribution in [0.25, 0.3) is 11.1 Å². The monoisotopic (exact) mass is 416 g/mol. The van der Waals surface area contributed by atoms with E-state index < -0.39 is 5.54 Å². The van der Waals surface area contributed by atoms with Gasteiger partial charge in [-0.25, -0.2) is 0 Å². The van der Waals surface area contributed by atoms with Crippen LogP contribution in [0, 0.1) is 5.92 Å². The lowest BCUT2D eigenvalue weighted by Gasteiger charge is -2.28. The van der Waals surface area contributed by atoms with Crippen molar-refractivity contribution in [2.45, 2.75) is 24.8 Å². The summed E-state index contributed by atoms with van der Waals surface area (Å²) in [6.07, 6.45) is 2.89.